The zero-order valence-corrected chi connectivity index (χ0v) is 13.5. The molecule has 0 aliphatic carbocycles. The van der Waals surface area contributed by atoms with Crippen molar-refractivity contribution in [3.63, 3.8) is 0 Å². The van der Waals surface area contributed by atoms with E-state index < -0.39 is 0 Å². The van der Waals surface area contributed by atoms with Gasteiger partial charge >= 0.3 is 0 Å². The summed E-state index contributed by atoms with van der Waals surface area (Å²) < 4.78 is 0. The monoisotopic (exact) mass is 278 g/mol. The summed E-state index contributed by atoms with van der Waals surface area (Å²) >= 11 is 0. The van der Waals surface area contributed by atoms with Crippen molar-refractivity contribution < 1.29 is 9.90 Å². The Morgan fingerprint density at radius 3 is 2.00 bits per heavy atom. The lowest BCUT2D eigenvalue weighted by Crippen LogP contribution is -2.06. The molecule has 0 aliphatic rings. The zero-order valence-electron chi connectivity index (χ0n) is 13.5. The molecular weight excluding hydrogens is 248 g/mol. The number of ketones is 1. The second kappa shape index (κ2) is 10.6. The van der Waals surface area contributed by atoms with Crippen LogP contribution in [0.5, 0.6) is 0 Å². The largest absolute Gasteiger partial charge is 0.389 e. The molecule has 0 aromatic rings. The average molecular weight is 278 g/mol. The molecule has 1 atom stereocenters. The first-order valence-corrected chi connectivity index (χ1v) is 7.47. The maximum absolute atomic E-state index is 10.8. The fourth-order valence-corrected chi connectivity index (χ4v) is 1.88. The van der Waals surface area contributed by atoms with Crippen LogP contribution in [0.1, 0.15) is 66.2 Å². The number of rotatable bonds is 10. The van der Waals surface area contributed by atoms with Gasteiger partial charge < -0.3 is 9.90 Å². The van der Waals surface area contributed by atoms with Crippen molar-refractivity contribution in [2.45, 2.75) is 72.3 Å². The summed E-state index contributed by atoms with van der Waals surface area (Å²) in [5.41, 5.74) is 3.50. The van der Waals surface area contributed by atoms with Crippen LogP contribution in [0, 0.1) is 0 Å². The van der Waals surface area contributed by atoms with E-state index in [0.29, 0.717) is 6.42 Å². The molecule has 0 aromatic carbocycles. The second-order valence-electron chi connectivity index (χ2n) is 5.78. The third-order valence-electron chi connectivity index (χ3n) is 3.40. The predicted molar refractivity (Wildman–Crippen MR) is 86.7 cm³/mol. The summed E-state index contributed by atoms with van der Waals surface area (Å²) in [7, 11) is 0. The Morgan fingerprint density at radius 2 is 1.50 bits per heavy atom. The van der Waals surface area contributed by atoms with Gasteiger partial charge in [-0.05, 0) is 59.8 Å². The van der Waals surface area contributed by atoms with Crippen LogP contribution < -0.4 is 0 Å². The summed E-state index contributed by atoms with van der Waals surface area (Å²) in [5, 5.41) is 9.67. The summed E-state index contributed by atoms with van der Waals surface area (Å²) in [4.78, 5) is 10.8. The van der Waals surface area contributed by atoms with Crippen LogP contribution in [0.3, 0.4) is 0 Å². The smallest absolute Gasteiger partial charge is 0.130 e. The van der Waals surface area contributed by atoms with Crippen molar-refractivity contribution in [3.05, 3.63) is 35.5 Å². The summed E-state index contributed by atoms with van der Waals surface area (Å²) in [6.45, 7) is 11.5. The van der Waals surface area contributed by atoms with E-state index >= 15 is 0 Å². The van der Waals surface area contributed by atoms with Crippen LogP contribution in [0.25, 0.3) is 0 Å². The molecule has 2 nitrogen and oxygen atoms in total. The van der Waals surface area contributed by atoms with Crippen molar-refractivity contribution in [1.29, 1.82) is 0 Å². The zero-order chi connectivity index (χ0) is 15.5. The standard InChI is InChI=1S/C18H30O2/c1-14(2)18(20)13-12-16(4)9-6-8-15(3)10-7-11-17(5)19/h9-10,18,20H,1,6-8,11-13H2,2-5H3/b15-10+,16-9?/t18-/m1/s1. The highest BCUT2D eigenvalue weighted by atomic mass is 16.3. The molecule has 0 rings (SSSR count). The highest BCUT2D eigenvalue weighted by Crippen LogP contribution is 2.14. The molecule has 0 aliphatic heterocycles. The number of aliphatic hydroxyl groups excluding tert-OH is 1. The molecule has 0 bridgehead atoms. The normalized spacial score (nSPS) is 14.2. The lowest BCUT2D eigenvalue weighted by molar-refractivity contribution is -0.116. The number of carbonyl (C=O) groups excluding carboxylic acids is 1. The Bertz CT molecular complexity index is 375. The van der Waals surface area contributed by atoms with Crippen LogP contribution in [0.4, 0.5) is 0 Å². The van der Waals surface area contributed by atoms with Crippen molar-refractivity contribution in [3.8, 4) is 0 Å². The van der Waals surface area contributed by atoms with Crippen molar-refractivity contribution in [2.75, 3.05) is 0 Å². The van der Waals surface area contributed by atoms with Gasteiger partial charge in [0.25, 0.3) is 0 Å². The molecule has 114 valence electrons. The third kappa shape index (κ3) is 10.7. The Morgan fingerprint density at radius 1 is 1.00 bits per heavy atom. The molecule has 20 heavy (non-hydrogen) atoms. The maximum Gasteiger partial charge on any atom is 0.130 e. The summed E-state index contributed by atoms with van der Waals surface area (Å²) in [5.74, 6) is 0.251. The molecular formula is C18H30O2. The van der Waals surface area contributed by atoms with E-state index in [2.05, 4.69) is 32.6 Å². The highest BCUT2D eigenvalue weighted by molar-refractivity contribution is 5.75. The van der Waals surface area contributed by atoms with Crippen molar-refractivity contribution >= 4 is 5.78 Å². The maximum atomic E-state index is 10.8. The van der Waals surface area contributed by atoms with Gasteiger partial charge in [-0.15, -0.1) is 0 Å². The first-order chi connectivity index (χ1) is 9.32. The summed E-state index contributed by atoms with van der Waals surface area (Å²) in [6.07, 6.45) is 9.26. The van der Waals surface area contributed by atoms with Gasteiger partial charge in [-0.2, -0.15) is 0 Å². The predicted octanol–water partition coefficient (Wildman–Crippen LogP) is 4.75. The fourth-order valence-electron chi connectivity index (χ4n) is 1.88. The van der Waals surface area contributed by atoms with E-state index in [1.165, 1.54) is 11.1 Å². The number of carbonyl (C=O) groups is 1. The Kier molecular flexibility index (Phi) is 10.0. The molecule has 0 spiro atoms. The molecule has 0 unspecified atom stereocenters. The molecule has 0 heterocycles. The number of aliphatic hydroxyl groups is 1. The van der Waals surface area contributed by atoms with Gasteiger partial charge in [0.15, 0.2) is 0 Å². The molecule has 0 saturated heterocycles. The quantitative estimate of drug-likeness (QED) is 0.586. The van der Waals surface area contributed by atoms with Gasteiger partial charge in [0.1, 0.15) is 5.78 Å². The van der Waals surface area contributed by atoms with Crippen LogP contribution in [0.15, 0.2) is 35.5 Å². The number of hydrogen-bond acceptors (Lipinski definition) is 2. The van der Waals surface area contributed by atoms with E-state index in [0.717, 1.165) is 37.7 Å². The van der Waals surface area contributed by atoms with Crippen molar-refractivity contribution in [2.24, 2.45) is 0 Å². The van der Waals surface area contributed by atoms with Gasteiger partial charge in [0, 0.05) is 6.42 Å². The van der Waals surface area contributed by atoms with Gasteiger partial charge in [-0.25, -0.2) is 0 Å². The van der Waals surface area contributed by atoms with Gasteiger partial charge in [-0.3, -0.25) is 0 Å². The van der Waals surface area contributed by atoms with Gasteiger partial charge in [0.05, 0.1) is 6.10 Å². The third-order valence-corrected chi connectivity index (χ3v) is 3.40. The SMILES string of the molecule is C=C(C)[C@H](O)CCC(C)=CCC/C(C)=C/CCC(C)=O. The molecule has 0 aromatic heterocycles. The van der Waals surface area contributed by atoms with E-state index in [1.807, 2.05) is 6.92 Å². The topological polar surface area (TPSA) is 37.3 Å². The second-order valence-corrected chi connectivity index (χ2v) is 5.78. The number of Topliss-reactive ketones (excluding diaryl/α,β-unsaturated/α-hetero) is 1. The van der Waals surface area contributed by atoms with Crippen molar-refractivity contribution in [1.82, 2.24) is 0 Å². The molecule has 0 radical (unpaired) electrons. The number of allylic oxidation sites excluding steroid dienone is 4. The van der Waals surface area contributed by atoms with Crippen LogP contribution in [-0.2, 0) is 4.79 Å². The average Bonchev–Trinajstić information content (AvgIpc) is 2.35. The molecule has 0 amide bonds. The number of hydrogen-bond donors (Lipinski definition) is 1. The van der Waals surface area contributed by atoms with E-state index in [4.69, 9.17) is 0 Å². The highest BCUT2D eigenvalue weighted by Gasteiger charge is 2.03. The Labute approximate surface area is 124 Å². The minimum atomic E-state index is -0.383. The summed E-state index contributed by atoms with van der Waals surface area (Å²) in [6, 6.07) is 0. The lowest BCUT2D eigenvalue weighted by atomic mass is 10.0. The Balaban J connectivity index is 3.92. The first kappa shape index (κ1) is 18.9. The van der Waals surface area contributed by atoms with Crippen LogP contribution >= 0.6 is 0 Å². The molecule has 0 saturated carbocycles. The Hall–Kier alpha value is -1.15. The van der Waals surface area contributed by atoms with E-state index in [-0.39, 0.29) is 11.9 Å². The van der Waals surface area contributed by atoms with Crippen LogP contribution in [-0.4, -0.2) is 17.0 Å². The molecule has 0 fully saturated rings. The van der Waals surface area contributed by atoms with E-state index in [9.17, 15) is 9.90 Å². The lowest BCUT2D eigenvalue weighted by Gasteiger charge is -2.09. The van der Waals surface area contributed by atoms with Crippen LogP contribution in [0.2, 0.25) is 0 Å². The van der Waals surface area contributed by atoms with E-state index in [1.54, 1.807) is 6.92 Å². The van der Waals surface area contributed by atoms with Gasteiger partial charge in [0.2, 0.25) is 0 Å². The first-order valence-electron chi connectivity index (χ1n) is 7.47. The molecule has 1 N–H and O–H groups in total. The fraction of sp³-hybridized carbons (Fsp3) is 0.611. The van der Waals surface area contributed by atoms with Gasteiger partial charge in [-0.1, -0.05) is 35.5 Å². The minimum absolute atomic E-state index is 0.251. The minimum Gasteiger partial charge on any atom is -0.389 e. The molecule has 2 heteroatoms.